The van der Waals surface area contributed by atoms with E-state index in [4.69, 9.17) is 0 Å². The van der Waals surface area contributed by atoms with Crippen molar-refractivity contribution in [1.29, 1.82) is 0 Å². The van der Waals surface area contributed by atoms with Crippen molar-refractivity contribution >= 4 is 0 Å². The van der Waals surface area contributed by atoms with Crippen LogP contribution in [0.5, 0.6) is 0 Å². The van der Waals surface area contributed by atoms with Crippen LogP contribution in [0.2, 0.25) is 0 Å². The highest BCUT2D eigenvalue weighted by Gasteiger charge is 2.36. The zero-order chi connectivity index (χ0) is 19.5. The van der Waals surface area contributed by atoms with Gasteiger partial charge < -0.3 is 0 Å². The highest BCUT2D eigenvalue weighted by Crippen LogP contribution is 2.47. The minimum absolute atomic E-state index is 0.258. The van der Waals surface area contributed by atoms with Gasteiger partial charge in [0.15, 0.2) is 0 Å². The van der Waals surface area contributed by atoms with Crippen LogP contribution in [0, 0.1) is 22.2 Å². The number of rotatable bonds is 7. The number of hydrogen-bond donors (Lipinski definition) is 0. The highest BCUT2D eigenvalue weighted by molar-refractivity contribution is 5.14. The van der Waals surface area contributed by atoms with Gasteiger partial charge in [-0.15, -0.1) is 0 Å². The van der Waals surface area contributed by atoms with E-state index in [0.29, 0.717) is 10.8 Å². The van der Waals surface area contributed by atoms with Gasteiger partial charge in [-0.1, -0.05) is 76.5 Å². The fraction of sp³-hybridized carbons (Fsp3) is 0.760. The summed E-state index contributed by atoms with van der Waals surface area (Å²) < 4.78 is 0. The van der Waals surface area contributed by atoms with E-state index in [0.717, 1.165) is 12.3 Å². The third-order valence-electron chi connectivity index (χ3n) is 5.92. The van der Waals surface area contributed by atoms with Crippen molar-refractivity contribution < 1.29 is 0 Å². The van der Waals surface area contributed by atoms with E-state index in [1.807, 2.05) is 0 Å². The lowest BCUT2D eigenvalue weighted by atomic mass is 9.63. The lowest BCUT2D eigenvalue weighted by Gasteiger charge is -2.42. The lowest BCUT2D eigenvalue weighted by Crippen LogP contribution is -2.32. The van der Waals surface area contributed by atoms with Crippen LogP contribution in [0.25, 0.3) is 0 Å². The smallest absolute Gasteiger partial charge is 0.0135 e. The molecule has 0 radical (unpaired) electrons. The molecule has 0 aromatic rings. The van der Waals surface area contributed by atoms with E-state index in [1.165, 1.54) is 36.8 Å². The fourth-order valence-electron chi connectivity index (χ4n) is 4.75. The molecule has 0 amide bonds. The van der Waals surface area contributed by atoms with Crippen LogP contribution >= 0.6 is 0 Å². The summed E-state index contributed by atoms with van der Waals surface area (Å²) in [5, 5.41) is 0. The van der Waals surface area contributed by atoms with Crippen molar-refractivity contribution in [3.05, 3.63) is 34.9 Å². The van der Waals surface area contributed by atoms with Crippen LogP contribution in [-0.2, 0) is 0 Å². The van der Waals surface area contributed by atoms with Crippen molar-refractivity contribution in [2.24, 2.45) is 22.2 Å². The van der Waals surface area contributed by atoms with Gasteiger partial charge in [-0.05, 0) is 82.0 Å². The van der Waals surface area contributed by atoms with Gasteiger partial charge in [0.1, 0.15) is 0 Å². The van der Waals surface area contributed by atoms with Gasteiger partial charge in [0.2, 0.25) is 0 Å². The number of allylic oxidation sites excluding steroid dienone is 6. The van der Waals surface area contributed by atoms with E-state index >= 15 is 0 Å². The zero-order valence-corrected chi connectivity index (χ0v) is 18.8. The summed E-state index contributed by atoms with van der Waals surface area (Å²) in [6.07, 6.45) is 13.6. The molecule has 0 heteroatoms. The molecule has 1 aliphatic rings. The zero-order valence-electron chi connectivity index (χ0n) is 18.8. The maximum atomic E-state index is 2.51. The second-order valence-corrected chi connectivity index (χ2v) is 11.0. The molecular formula is C25H44. The summed E-state index contributed by atoms with van der Waals surface area (Å²) in [5.41, 5.74) is 5.63. The first kappa shape index (κ1) is 22.3. The van der Waals surface area contributed by atoms with E-state index in [2.05, 4.69) is 87.5 Å². The van der Waals surface area contributed by atoms with E-state index in [-0.39, 0.29) is 5.41 Å². The molecule has 1 unspecified atom stereocenters. The van der Waals surface area contributed by atoms with Gasteiger partial charge in [0.25, 0.3) is 0 Å². The Hall–Kier alpha value is -0.780. The standard InChI is InChI=1S/C25H44/c1-19(2)16-24(7,8)17-20(3)13-15-23(5,6)18-22-21(4)12-11-14-25(22,9)10/h12-13,16,22H,11,14-15,17-18H2,1-10H3/b20-13+. The van der Waals surface area contributed by atoms with Gasteiger partial charge in [0, 0.05) is 0 Å². The highest BCUT2D eigenvalue weighted by atomic mass is 14.4. The molecule has 0 saturated carbocycles. The summed E-state index contributed by atoms with van der Waals surface area (Å²) in [4.78, 5) is 0. The summed E-state index contributed by atoms with van der Waals surface area (Å²) in [6.45, 7) is 23.6. The molecule has 0 N–H and O–H groups in total. The summed E-state index contributed by atoms with van der Waals surface area (Å²) in [5.74, 6) is 0.729. The molecule has 144 valence electrons. The van der Waals surface area contributed by atoms with Gasteiger partial charge >= 0.3 is 0 Å². The molecule has 0 bridgehead atoms. The first-order valence-electron chi connectivity index (χ1n) is 10.2. The maximum Gasteiger partial charge on any atom is -0.0135 e. The van der Waals surface area contributed by atoms with Crippen LogP contribution in [0.1, 0.15) is 101 Å². The molecule has 0 saturated heterocycles. The Kier molecular flexibility index (Phi) is 7.37. The second kappa shape index (κ2) is 8.28. The average molecular weight is 345 g/mol. The third-order valence-corrected chi connectivity index (χ3v) is 5.92. The predicted octanol–water partition coefficient (Wildman–Crippen LogP) is 8.50. The number of hydrogen-bond acceptors (Lipinski definition) is 0. The summed E-state index contributed by atoms with van der Waals surface area (Å²) in [7, 11) is 0. The van der Waals surface area contributed by atoms with Crippen molar-refractivity contribution in [3.8, 4) is 0 Å². The van der Waals surface area contributed by atoms with Crippen molar-refractivity contribution in [3.63, 3.8) is 0 Å². The summed E-state index contributed by atoms with van der Waals surface area (Å²) >= 11 is 0. The Labute approximate surface area is 158 Å². The topological polar surface area (TPSA) is 0 Å². The van der Waals surface area contributed by atoms with Gasteiger partial charge in [0.05, 0.1) is 0 Å². The molecule has 1 aliphatic carbocycles. The Bertz CT molecular complexity index is 530. The molecule has 0 aromatic heterocycles. The Morgan fingerprint density at radius 3 is 2.28 bits per heavy atom. The summed E-state index contributed by atoms with van der Waals surface area (Å²) in [6, 6.07) is 0. The SMILES string of the molecule is CC(C)=CC(C)(C)C/C(C)=C/CC(C)(C)CC1C(C)=CCCC1(C)C. The minimum Gasteiger partial charge on any atom is -0.0853 e. The van der Waals surface area contributed by atoms with Gasteiger partial charge in [-0.25, -0.2) is 0 Å². The average Bonchev–Trinajstić information content (AvgIpc) is 2.39. The van der Waals surface area contributed by atoms with Gasteiger partial charge in [-0.3, -0.25) is 0 Å². The molecule has 1 atom stereocenters. The van der Waals surface area contributed by atoms with Crippen LogP contribution in [-0.4, -0.2) is 0 Å². The molecule has 25 heavy (non-hydrogen) atoms. The lowest BCUT2D eigenvalue weighted by molar-refractivity contribution is 0.149. The second-order valence-electron chi connectivity index (χ2n) is 11.0. The Morgan fingerprint density at radius 1 is 1.16 bits per heavy atom. The first-order valence-corrected chi connectivity index (χ1v) is 10.2. The van der Waals surface area contributed by atoms with Crippen LogP contribution in [0.3, 0.4) is 0 Å². The monoisotopic (exact) mass is 344 g/mol. The van der Waals surface area contributed by atoms with Crippen LogP contribution in [0.4, 0.5) is 0 Å². The predicted molar refractivity (Wildman–Crippen MR) is 115 cm³/mol. The minimum atomic E-state index is 0.258. The van der Waals surface area contributed by atoms with Crippen molar-refractivity contribution in [1.82, 2.24) is 0 Å². The Balaban J connectivity index is 2.75. The molecule has 0 fully saturated rings. The molecule has 1 rings (SSSR count). The van der Waals surface area contributed by atoms with Crippen molar-refractivity contribution in [2.45, 2.75) is 101 Å². The molecule has 0 heterocycles. The Morgan fingerprint density at radius 2 is 1.76 bits per heavy atom. The maximum absolute atomic E-state index is 2.51. The van der Waals surface area contributed by atoms with Crippen molar-refractivity contribution in [2.75, 3.05) is 0 Å². The first-order chi connectivity index (χ1) is 11.2. The molecule has 0 aliphatic heterocycles. The normalized spacial score (nSPS) is 21.8. The molecule has 0 nitrogen and oxygen atoms in total. The molecule has 0 aromatic carbocycles. The van der Waals surface area contributed by atoms with Crippen LogP contribution < -0.4 is 0 Å². The van der Waals surface area contributed by atoms with E-state index < -0.39 is 0 Å². The van der Waals surface area contributed by atoms with Crippen LogP contribution in [0.15, 0.2) is 34.9 Å². The molecule has 0 spiro atoms. The largest absolute Gasteiger partial charge is 0.0853 e. The molecular weight excluding hydrogens is 300 g/mol. The third kappa shape index (κ3) is 7.55. The van der Waals surface area contributed by atoms with Gasteiger partial charge in [-0.2, -0.15) is 0 Å². The fourth-order valence-corrected chi connectivity index (χ4v) is 4.75. The van der Waals surface area contributed by atoms with E-state index in [1.54, 1.807) is 5.57 Å². The van der Waals surface area contributed by atoms with E-state index in [9.17, 15) is 0 Å². The quantitative estimate of drug-likeness (QED) is 0.406.